The normalized spacial score (nSPS) is 17.2. The molecule has 0 bridgehead atoms. The Morgan fingerprint density at radius 1 is 0.883 bits per heavy atom. The number of carbonyl (C=O) groups is 4. The van der Waals surface area contributed by atoms with E-state index in [4.69, 9.17) is 26.8 Å². The Hall–Kier alpha value is -5.77. The Balaban J connectivity index is 0.988. The Morgan fingerprint density at radius 2 is 1.60 bits per heavy atom. The number of ether oxygens (including phenoxy) is 2. The topological polar surface area (TPSA) is 159 Å². The molecule has 3 fully saturated rings. The predicted octanol–water partition coefficient (Wildman–Crippen LogP) is 6.23. The number of para-hydroxylation sites is 1. The number of H-pyrrole nitrogens is 1. The number of nitrogens with one attached hydrogen (secondary N) is 1. The molecule has 4 aromatic rings. The van der Waals surface area contributed by atoms with Gasteiger partial charge in [0.15, 0.2) is 6.10 Å². The van der Waals surface area contributed by atoms with Gasteiger partial charge in [0.2, 0.25) is 5.91 Å². The maximum absolute atomic E-state index is 14.1. The number of halogens is 4. The van der Waals surface area contributed by atoms with Crippen LogP contribution in [0.2, 0.25) is 5.02 Å². The maximum Gasteiger partial charge on any atom is 0.418 e. The molecule has 13 nitrogen and oxygen atoms in total. The van der Waals surface area contributed by atoms with Gasteiger partial charge in [-0.2, -0.15) is 13.2 Å². The van der Waals surface area contributed by atoms with E-state index in [1.165, 1.54) is 15.9 Å². The smallest absolute Gasteiger partial charge is 0.418 e. The summed E-state index contributed by atoms with van der Waals surface area (Å²) in [6, 6.07) is 18.2. The van der Waals surface area contributed by atoms with Crippen LogP contribution in [0, 0.1) is 0 Å². The maximum atomic E-state index is 14.1. The van der Waals surface area contributed by atoms with Crippen LogP contribution in [0.15, 0.2) is 71.5 Å². The van der Waals surface area contributed by atoms with Crippen LogP contribution in [0.3, 0.4) is 0 Å². The number of nitrogen functional groups attached to an aromatic ring is 1. The highest BCUT2D eigenvalue weighted by atomic mass is 35.5. The number of fused-ring (bicyclic) bond motifs is 1. The quantitative estimate of drug-likeness (QED) is 0.140. The van der Waals surface area contributed by atoms with Gasteiger partial charge in [-0.05, 0) is 91.1 Å². The highest BCUT2D eigenvalue weighted by Crippen LogP contribution is 2.38. The molecular weight excluding hydrogens is 805 g/mol. The van der Waals surface area contributed by atoms with Gasteiger partial charge in [0, 0.05) is 75.4 Å². The number of aromatic nitrogens is 1. The Bertz CT molecular complexity index is 2290. The molecule has 3 N–H and O–H groups in total. The zero-order valence-electron chi connectivity index (χ0n) is 32.8. The molecule has 3 amide bonds. The predicted molar refractivity (Wildman–Crippen MR) is 219 cm³/mol. The third kappa shape index (κ3) is 9.81. The van der Waals surface area contributed by atoms with Crippen molar-refractivity contribution in [3.05, 3.63) is 104 Å². The minimum absolute atomic E-state index is 0.0131. The molecule has 0 unspecified atom stereocenters. The van der Waals surface area contributed by atoms with E-state index in [0.29, 0.717) is 56.6 Å². The Morgan fingerprint density at radius 3 is 2.30 bits per heavy atom. The van der Waals surface area contributed by atoms with E-state index in [2.05, 4.69) is 4.98 Å². The molecule has 1 atom stereocenters. The molecule has 3 aliphatic rings. The number of amides is 3. The zero-order valence-corrected chi connectivity index (χ0v) is 33.6. The summed E-state index contributed by atoms with van der Waals surface area (Å²) in [5.41, 5.74) is 6.17. The molecule has 3 aliphatic heterocycles. The number of likely N-dealkylation sites (tertiary alicyclic amines) is 2. The van der Waals surface area contributed by atoms with E-state index in [1.807, 2.05) is 35.2 Å². The molecule has 4 heterocycles. The number of hydrogen-bond acceptors (Lipinski definition) is 9. The fourth-order valence-corrected chi connectivity index (χ4v) is 8.33. The van der Waals surface area contributed by atoms with E-state index in [1.54, 1.807) is 29.2 Å². The average molecular weight is 851 g/mol. The first-order valence-corrected chi connectivity index (χ1v) is 20.4. The Labute approximate surface area is 349 Å². The first-order valence-electron chi connectivity index (χ1n) is 20.1. The zero-order chi connectivity index (χ0) is 42.6. The molecule has 0 aliphatic carbocycles. The molecule has 318 valence electrons. The van der Waals surface area contributed by atoms with Crippen LogP contribution in [-0.2, 0) is 31.7 Å². The third-order valence-corrected chi connectivity index (χ3v) is 11.8. The molecule has 3 aromatic carbocycles. The molecule has 60 heavy (non-hydrogen) atoms. The van der Waals surface area contributed by atoms with Gasteiger partial charge in [-0.25, -0.2) is 9.59 Å². The minimum atomic E-state index is -4.82. The summed E-state index contributed by atoms with van der Waals surface area (Å²) in [7, 11) is 0. The molecule has 1 aromatic heterocycles. The second-order valence-corrected chi connectivity index (χ2v) is 15.8. The van der Waals surface area contributed by atoms with Crippen molar-refractivity contribution in [3.63, 3.8) is 0 Å². The number of rotatable bonds is 10. The average Bonchev–Trinajstić information content (AvgIpc) is 3.24. The van der Waals surface area contributed by atoms with Crippen molar-refractivity contribution in [2.24, 2.45) is 0 Å². The number of pyridine rings is 1. The lowest BCUT2D eigenvalue weighted by molar-refractivity contribution is -0.141. The van der Waals surface area contributed by atoms with Crippen molar-refractivity contribution in [1.29, 1.82) is 0 Å². The van der Waals surface area contributed by atoms with Gasteiger partial charge in [0.05, 0.1) is 28.4 Å². The summed E-state index contributed by atoms with van der Waals surface area (Å²) in [6.07, 6.45) is -4.25. The van der Waals surface area contributed by atoms with Gasteiger partial charge < -0.3 is 39.8 Å². The van der Waals surface area contributed by atoms with Crippen LogP contribution in [0.4, 0.5) is 29.3 Å². The number of anilines is 2. The number of piperazine rings is 1. The first kappa shape index (κ1) is 42.4. The van der Waals surface area contributed by atoms with Crippen LogP contribution in [0.1, 0.15) is 65.1 Å². The lowest BCUT2D eigenvalue weighted by atomic mass is 9.89. The molecule has 17 heteroatoms. The number of piperidine rings is 2. The summed E-state index contributed by atoms with van der Waals surface area (Å²) < 4.78 is 52.9. The van der Waals surface area contributed by atoms with E-state index < -0.39 is 41.5 Å². The van der Waals surface area contributed by atoms with Gasteiger partial charge in [-0.1, -0.05) is 29.8 Å². The number of aromatic amines is 1. The van der Waals surface area contributed by atoms with Gasteiger partial charge in [-0.3, -0.25) is 14.4 Å². The lowest BCUT2D eigenvalue weighted by Gasteiger charge is -2.38. The third-order valence-electron chi connectivity index (χ3n) is 11.5. The van der Waals surface area contributed by atoms with Crippen molar-refractivity contribution in [1.82, 2.24) is 19.7 Å². The van der Waals surface area contributed by atoms with Gasteiger partial charge in [0.25, 0.3) is 11.5 Å². The van der Waals surface area contributed by atoms with Crippen molar-refractivity contribution in [2.75, 3.05) is 69.6 Å². The van der Waals surface area contributed by atoms with Crippen LogP contribution in [0.25, 0.3) is 10.9 Å². The number of nitrogens with zero attached hydrogens (tertiary/aromatic N) is 4. The first-order chi connectivity index (χ1) is 28.7. The van der Waals surface area contributed by atoms with E-state index in [0.717, 1.165) is 35.5 Å². The summed E-state index contributed by atoms with van der Waals surface area (Å²) in [4.78, 5) is 75.0. The van der Waals surface area contributed by atoms with E-state index >= 15 is 0 Å². The van der Waals surface area contributed by atoms with Crippen LogP contribution in [0.5, 0.6) is 0 Å². The van der Waals surface area contributed by atoms with Crippen molar-refractivity contribution < 1.29 is 41.8 Å². The van der Waals surface area contributed by atoms with Crippen molar-refractivity contribution in [3.8, 4) is 0 Å². The summed E-state index contributed by atoms with van der Waals surface area (Å²) in [5.74, 6) is -1.14. The fraction of sp³-hybridized carbons (Fsp3) is 0.419. The van der Waals surface area contributed by atoms with Crippen LogP contribution in [-0.4, -0.2) is 109 Å². The van der Waals surface area contributed by atoms with Crippen molar-refractivity contribution >= 4 is 57.8 Å². The number of benzene rings is 3. The highest BCUT2D eigenvalue weighted by Gasteiger charge is 2.37. The largest absolute Gasteiger partial charge is 0.460 e. The summed E-state index contributed by atoms with van der Waals surface area (Å²) in [5, 5.41) is 0.548. The molecule has 0 saturated carbocycles. The van der Waals surface area contributed by atoms with E-state index in [-0.39, 0.29) is 67.2 Å². The summed E-state index contributed by atoms with van der Waals surface area (Å²) in [6.45, 7) is 2.77. The number of nitrogens with two attached hydrogens (primary N) is 1. The molecule has 3 saturated heterocycles. The van der Waals surface area contributed by atoms with E-state index in [9.17, 15) is 37.1 Å². The monoisotopic (exact) mass is 850 g/mol. The second kappa shape index (κ2) is 18.2. The van der Waals surface area contributed by atoms with Gasteiger partial charge in [0.1, 0.15) is 6.61 Å². The molecule has 0 radical (unpaired) electrons. The Kier molecular flexibility index (Phi) is 12.9. The molecule has 7 rings (SSSR count). The van der Waals surface area contributed by atoms with Crippen molar-refractivity contribution in [2.45, 2.75) is 56.7 Å². The minimum Gasteiger partial charge on any atom is -0.460 e. The SMILES string of the molecule is Nc1c(Cl)cc(C[C@@H](OC(=O)N2CCC(c3cc4ccccc4[nH]c3=O)CC2)C(=O)N2CCN(c3ccc(C(=O)OCCN4CCCCC4=O)cc3)CC2)cc1C(F)(F)F. The van der Waals surface area contributed by atoms with Gasteiger partial charge in [-0.15, -0.1) is 0 Å². The number of alkyl halides is 3. The number of esters is 1. The highest BCUT2D eigenvalue weighted by molar-refractivity contribution is 6.33. The van der Waals surface area contributed by atoms with Crippen LogP contribution < -0.4 is 16.2 Å². The van der Waals surface area contributed by atoms with Crippen LogP contribution >= 0.6 is 11.6 Å². The molecular formula is C43H46ClF3N6O7. The lowest BCUT2D eigenvalue weighted by Crippen LogP contribution is -2.53. The second-order valence-electron chi connectivity index (χ2n) is 15.3. The molecule has 0 spiro atoms. The standard InChI is InChI=1S/C43H46ClF3N6O7/c44-34-24-27(23-33(38(34)48)43(45,46)47)25-36(60-42(58)53-15-12-28(13-16-53)32-26-30-5-1-2-6-35(30)49-39(32)55)40(56)52-19-17-50(18-20-52)31-10-8-29(9-11-31)41(57)59-22-21-51-14-4-3-7-37(51)54/h1-2,5-6,8-11,23-24,26,28,36H,3-4,7,12-22,25,48H2,(H,49,55)/t36-/m1/s1. The number of hydrogen-bond donors (Lipinski definition) is 2. The number of carbonyl (C=O) groups excluding carboxylic acids is 4. The fourth-order valence-electron chi connectivity index (χ4n) is 8.08. The van der Waals surface area contributed by atoms with Gasteiger partial charge >= 0.3 is 18.2 Å². The summed E-state index contributed by atoms with van der Waals surface area (Å²) >= 11 is 6.12.